The monoisotopic (exact) mass is 292 g/mol. The van der Waals surface area contributed by atoms with Crippen LogP contribution in [0.4, 0.5) is 11.4 Å². The maximum atomic E-state index is 12.1. The van der Waals surface area contributed by atoms with Crippen molar-refractivity contribution in [1.29, 1.82) is 0 Å². The zero-order valence-electron chi connectivity index (χ0n) is 11.2. The quantitative estimate of drug-likeness (QED) is 0.638. The van der Waals surface area contributed by atoms with E-state index in [4.69, 9.17) is 9.47 Å². The summed E-state index contributed by atoms with van der Waals surface area (Å²) in [5.74, 6) is -0.411. The molecule has 0 spiro atoms. The number of rotatable bonds is 5. The number of hydrogen-bond acceptors (Lipinski definition) is 6. The van der Waals surface area contributed by atoms with Crippen LogP contribution in [0.2, 0.25) is 0 Å². The molecule has 0 atom stereocenters. The van der Waals surface area contributed by atoms with Gasteiger partial charge in [0.1, 0.15) is 5.75 Å². The van der Waals surface area contributed by atoms with Crippen molar-refractivity contribution in [3.05, 3.63) is 40.1 Å². The van der Waals surface area contributed by atoms with Crippen molar-refractivity contribution < 1.29 is 19.2 Å². The number of anilines is 1. The Kier molecular flexibility index (Phi) is 4.02. The highest BCUT2D eigenvalue weighted by Gasteiger charge is 2.30. The summed E-state index contributed by atoms with van der Waals surface area (Å²) in [6, 6.07) is 6.59. The maximum absolute atomic E-state index is 12.1. The molecule has 0 radical (unpaired) electrons. The van der Waals surface area contributed by atoms with E-state index in [2.05, 4.69) is 15.5 Å². The Labute approximate surface area is 119 Å². The van der Waals surface area contributed by atoms with Gasteiger partial charge in [-0.2, -0.15) is 0 Å². The number of nitrogens with zero attached hydrogens (tertiary/aromatic N) is 2. The average molecular weight is 292 g/mol. The van der Waals surface area contributed by atoms with E-state index < -0.39 is 16.5 Å². The van der Waals surface area contributed by atoms with Crippen molar-refractivity contribution in [2.24, 2.45) is 0 Å². The number of carbonyl (C=O) groups excluding carboxylic acids is 1. The molecule has 2 rings (SSSR count). The van der Waals surface area contributed by atoms with E-state index >= 15 is 0 Å². The summed E-state index contributed by atoms with van der Waals surface area (Å²) < 4.78 is 9.77. The molecule has 1 aromatic heterocycles. The predicted octanol–water partition coefficient (Wildman–Crippen LogP) is 1.59. The molecule has 2 aromatic rings. The average Bonchev–Trinajstić information content (AvgIpc) is 2.91. The van der Waals surface area contributed by atoms with Gasteiger partial charge in [0, 0.05) is 11.8 Å². The largest absolute Gasteiger partial charge is 0.497 e. The minimum absolute atomic E-state index is 0.254. The summed E-state index contributed by atoms with van der Waals surface area (Å²) in [7, 11) is 2.72. The van der Waals surface area contributed by atoms with Gasteiger partial charge in [-0.15, -0.1) is 5.10 Å². The second-order valence-electron chi connectivity index (χ2n) is 3.90. The lowest BCUT2D eigenvalue weighted by atomic mass is 10.2. The molecule has 0 saturated carbocycles. The molecule has 0 unspecified atom stereocenters. The van der Waals surface area contributed by atoms with Gasteiger partial charge >= 0.3 is 11.6 Å². The molecule has 2 N–H and O–H groups in total. The predicted molar refractivity (Wildman–Crippen MR) is 72.7 cm³/mol. The molecule has 9 nitrogen and oxygen atoms in total. The summed E-state index contributed by atoms with van der Waals surface area (Å²) in [4.78, 5) is 22.3. The number of nitrogens with one attached hydrogen (secondary N) is 2. The Bertz CT molecular complexity index is 682. The van der Waals surface area contributed by atoms with Crippen LogP contribution in [0.15, 0.2) is 24.3 Å². The minimum atomic E-state index is -0.733. The van der Waals surface area contributed by atoms with E-state index in [0.717, 1.165) is 0 Å². The molecule has 0 aliphatic heterocycles. The lowest BCUT2D eigenvalue weighted by molar-refractivity contribution is -0.386. The fourth-order valence-electron chi connectivity index (χ4n) is 1.68. The van der Waals surface area contributed by atoms with Crippen molar-refractivity contribution in [2.75, 3.05) is 19.5 Å². The van der Waals surface area contributed by atoms with Crippen molar-refractivity contribution in [3.63, 3.8) is 0 Å². The number of aromatic nitrogens is 2. The first kappa shape index (κ1) is 14.3. The van der Waals surface area contributed by atoms with Gasteiger partial charge < -0.3 is 14.8 Å². The minimum Gasteiger partial charge on any atom is -0.497 e. The first-order valence-corrected chi connectivity index (χ1v) is 5.79. The summed E-state index contributed by atoms with van der Waals surface area (Å²) in [6.45, 7) is 0. The van der Waals surface area contributed by atoms with Crippen LogP contribution >= 0.6 is 0 Å². The second kappa shape index (κ2) is 5.90. The Hall–Kier alpha value is -3.10. The smallest absolute Gasteiger partial charge is 0.362 e. The highest BCUT2D eigenvalue weighted by molar-refractivity contribution is 6.06. The molecule has 0 fully saturated rings. The molecule has 0 aliphatic carbocycles. The molecule has 21 heavy (non-hydrogen) atoms. The number of carbonyl (C=O) groups is 1. The van der Waals surface area contributed by atoms with Gasteiger partial charge in [-0.1, -0.05) is 6.07 Å². The Morgan fingerprint density at radius 3 is 2.76 bits per heavy atom. The third-order valence-corrected chi connectivity index (χ3v) is 2.64. The van der Waals surface area contributed by atoms with E-state index in [0.29, 0.717) is 11.4 Å². The van der Waals surface area contributed by atoms with E-state index in [-0.39, 0.29) is 11.6 Å². The van der Waals surface area contributed by atoms with E-state index in [1.807, 2.05) is 0 Å². The third kappa shape index (κ3) is 2.91. The molecule has 110 valence electrons. The Morgan fingerprint density at radius 2 is 2.14 bits per heavy atom. The normalized spacial score (nSPS) is 10.0. The zero-order valence-corrected chi connectivity index (χ0v) is 11.2. The number of H-pyrrole nitrogens is 1. The first-order valence-electron chi connectivity index (χ1n) is 5.79. The fourth-order valence-corrected chi connectivity index (χ4v) is 1.68. The van der Waals surface area contributed by atoms with Gasteiger partial charge in [0.25, 0.3) is 5.91 Å². The molecule has 0 aliphatic rings. The van der Waals surface area contributed by atoms with Crippen LogP contribution in [-0.2, 0) is 0 Å². The highest BCUT2D eigenvalue weighted by atomic mass is 16.6. The number of amides is 1. The van der Waals surface area contributed by atoms with Gasteiger partial charge in [0.05, 0.1) is 19.1 Å². The van der Waals surface area contributed by atoms with Gasteiger partial charge in [-0.25, -0.2) is 0 Å². The molecule has 1 aromatic carbocycles. The Morgan fingerprint density at radius 1 is 1.38 bits per heavy atom. The molecular formula is C12H12N4O5. The SMILES string of the molecule is COc1cccc(NC(=O)c2[nH]nc(OC)c2[N+](=O)[O-])c1. The molecule has 9 heteroatoms. The molecule has 0 bridgehead atoms. The topological polar surface area (TPSA) is 119 Å². The van der Waals surface area contributed by atoms with Gasteiger partial charge in [0.15, 0.2) is 0 Å². The Balaban J connectivity index is 2.28. The molecule has 1 heterocycles. The lowest BCUT2D eigenvalue weighted by Crippen LogP contribution is -2.14. The van der Waals surface area contributed by atoms with E-state index in [1.165, 1.54) is 14.2 Å². The van der Waals surface area contributed by atoms with Gasteiger partial charge in [-0.05, 0) is 12.1 Å². The molecule has 0 saturated heterocycles. The second-order valence-corrected chi connectivity index (χ2v) is 3.90. The van der Waals surface area contributed by atoms with Crippen LogP contribution in [0.1, 0.15) is 10.5 Å². The summed E-state index contributed by atoms with van der Waals surface area (Å²) in [5, 5.41) is 19.4. The molecular weight excluding hydrogens is 280 g/mol. The summed E-state index contributed by atoms with van der Waals surface area (Å²) in [5.41, 5.74) is -0.375. The van der Waals surface area contributed by atoms with E-state index in [1.54, 1.807) is 24.3 Å². The highest BCUT2D eigenvalue weighted by Crippen LogP contribution is 2.28. The standard InChI is InChI=1S/C12H12N4O5/c1-20-8-5-3-4-7(6-8)13-11(17)9-10(16(18)19)12(21-2)15-14-9/h3-6H,1-2H3,(H,13,17)(H,14,15). The number of benzene rings is 1. The van der Waals surface area contributed by atoms with Crippen LogP contribution in [0.3, 0.4) is 0 Å². The van der Waals surface area contributed by atoms with Crippen LogP contribution in [0.25, 0.3) is 0 Å². The number of nitro groups is 1. The van der Waals surface area contributed by atoms with Crippen molar-refractivity contribution >= 4 is 17.3 Å². The van der Waals surface area contributed by atoms with E-state index in [9.17, 15) is 14.9 Å². The lowest BCUT2D eigenvalue weighted by Gasteiger charge is -2.05. The first-order chi connectivity index (χ1) is 10.1. The number of methoxy groups -OCH3 is 2. The maximum Gasteiger partial charge on any atom is 0.362 e. The van der Waals surface area contributed by atoms with Crippen LogP contribution in [-0.4, -0.2) is 35.2 Å². The third-order valence-electron chi connectivity index (χ3n) is 2.64. The van der Waals surface area contributed by atoms with Gasteiger partial charge in [-0.3, -0.25) is 20.0 Å². The van der Waals surface area contributed by atoms with Crippen molar-refractivity contribution in [2.45, 2.75) is 0 Å². The number of hydrogen-bond donors (Lipinski definition) is 2. The molecule has 1 amide bonds. The van der Waals surface area contributed by atoms with Crippen LogP contribution in [0, 0.1) is 10.1 Å². The van der Waals surface area contributed by atoms with Crippen molar-refractivity contribution in [1.82, 2.24) is 10.2 Å². The van der Waals surface area contributed by atoms with Crippen molar-refractivity contribution in [3.8, 4) is 11.6 Å². The van der Waals surface area contributed by atoms with Gasteiger partial charge in [0.2, 0.25) is 5.69 Å². The number of ether oxygens (including phenoxy) is 2. The summed E-state index contributed by atoms with van der Waals surface area (Å²) in [6.07, 6.45) is 0. The fraction of sp³-hybridized carbons (Fsp3) is 0.167. The van der Waals surface area contributed by atoms with Crippen LogP contribution < -0.4 is 14.8 Å². The number of aromatic amines is 1. The van der Waals surface area contributed by atoms with Crippen LogP contribution in [0.5, 0.6) is 11.6 Å². The summed E-state index contributed by atoms with van der Waals surface area (Å²) >= 11 is 0. The zero-order chi connectivity index (χ0) is 15.4.